The van der Waals surface area contributed by atoms with Gasteiger partial charge in [-0.05, 0) is 24.8 Å². The van der Waals surface area contributed by atoms with E-state index in [9.17, 15) is 4.79 Å². The van der Waals surface area contributed by atoms with Gasteiger partial charge >= 0.3 is 0 Å². The highest BCUT2D eigenvalue weighted by molar-refractivity contribution is 5.94. The minimum absolute atomic E-state index is 0.0244. The van der Waals surface area contributed by atoms with Crippen molar-refractivity contribution in [2.24, 2.45) is 5.92 Å². The molecule has 0 saturated heterocycles. The summed E-state index contributed by atoms with van der Waals surface area (Å²) in [4.78, 5) is 12.3. The average Bonchev–Trinajstić information content (AvgIpc) is 2.70. The molecule has 5 heteroatoms. The third kappa shape index (κ3) is 4.28. The minimum atomic E-state index is -0.128. The third-order valence-corrected chi connectivity index (χ3v) is 3.18. The van der Waals surface area contributed by atoms with E-state index in [2.05, 4.69) is 12.2 Å². The molecule has 4 N–H and O–H groups in total. The van der Waals surface area contributed by atoms with Crippen molar-refractivity contribution >= 4 is 11.6 Å². The first kappa shape index (κ1) is 15.6. The highest BCUT2D eigenvalue weighted by Gasteiger charge is 2.19. The van der Waals surface area contributed by atoms with E-state index < -0.39 is 0 Å². The van der Waals surface area contributed by atoms with Crippen LogP contribution in [0.5, 0.6) is 0 Å². The monoisotopic (exact) mass is 267 g/mol. The Morgan fingerprint density at radius 3 is 2.74 bits per heavy atom. The van der Waals surface area contributed by atoms with Crippen molar-refractivity contribution in [1.82, 2.24) is 9.88 Å². The Kier molecular flexibility index (Phi) is 5.89. The number of rotatable bonds is 7. The summed E-state index contributed by atoms with van der Waals surface area (Å²) in [5.74, 6) is 0.153. The van der Waals surface area contributed by atoms with Crippen LogP contribution in [0.4, 0.5) is 5.69 Å². The molecule has 0 bridgehead atoms. The lowest BCUT2D eigenvalue weighted by atomic mass is 10.0. The number of nitrogen functional groups attached to an aromatic ring is 1. The highest BCUT2D eigenvalue weighted by atomic mass is 16.3. The molecule has 1 rings (SSSR count). The van der Waals surface area contributed by atoms with E-state index in [1.165, 1.54) is 0 Å². The number of aliphatic hydroxyl groups excluding tert-OH is 1. The van der Waals surface area contributed by atoms with Crippen LogP contribution < -0.4 is 11.1 Å². The van der Waals surface area contributed by atoms with E-state index in [1.807, 2.05) is 18.4 Å². The van der Waals surface area contributed by atoms with Crippen LogP contribution in [0.25, 0.3) is 0 Å². The third-order valence-electron chi connectivity index (χ3n) is 3.18. The molecule has 0 aliphatic heterocycles. The summed E-state index contributed by atoms with van der Waals surface area (Å²) in [6.45, 7) is 6.95. The molecule has 0 radical (unpaired) electrons. The molecule has 0 spiro atoms. The molecule has 1 amide bonds. The van der Waals surface area contributed by atoms with E-state index in [1.54, 1.807) is 12.3 Å². The first-order chi connectivity index (χ1) is 8.99. The SMILES string of the molecule is CCCn1cc(N)cc1C(=O)NC(CCO)C(C)C. The molecule has 0 aliphatic carbocycles. The number of anilines is 1. The second-order valence-corrected chi connectivity index (χ2v) is 5.19. The fourth-order valence-electron chi connectivity index (χ4n) is 2.10. The lowest BCUT2D eigenvalue weighted by molar-refractivity contribution is 0.0907. The van der Waals surface area contributed by atoms with E-state index in [0.29, 0.717) is 17.8 Å². The van der Waals surface area contributed by atoms with Crippen LogP contribution in [0.1, 0.15) is 44.1 Å². The first-order valence-electron chi connectivity index (χ1n) is 6.87. The molecule has 0 fully saturated rings. The molecule has 0 aliphatic rings. The molecule has 1 aromatic rings. The van der Waals surface area contributed by atoms with Gasteiger partial charge in [0, 0.05) is 25.4 Å². The molecule has 19 heavy (non-hydrogen) atoms. The van der Waals surface area contributed by atoms with Gasteiger partial charge in [0.2, 0.25) is 0 Å². The number of aryl methyl sites for hydroxylation is 1. The van der Waals surface area contributed by atoms with Crippen LogP contribution in [0.3, 0.4) is 0 Å². The number of nitrogens with two attached hydrogens (primary N) is 1. The van der Waals surface area contributed by atoms with E-state index in [-0.39, 0.29) is 24.5 Å². The lowest BCUT2D eigenvalue weighted by Crippen LogP contribution is -2.40. The maximum Gasteiger partial charge on any atom is 0.268 e. The zero-order chi connectivity index (χ0) is 14.4. The van der Waals surface area contributed by atoms with Gasteiger partial charge in [-0.15, -0.1) is 0 Å². The van der Waals surface area contributed by atoms with Crippen LogP contribution in [-0.4, -0.2) is 28.2 Å². The zero-order valence-electron chi connectivity index (χ0n) is 12.0. The first-order valence-corrected chi connectivity index (χ1v) is 6.87. The summed E-state index contributed by atoms with van der Waals surface area (Å²) in [6.07, 6.45) is 3.29. The van der Waals surface area contributed by atoms with Crippen molar-refractivity contribution in [1.29, 1.82) is 0 Å². The maximum absolute atomic E-state index is 12.3. The van der Waals surface area contributed by atoms with Crippen molar-refractivity contribution in [3.8, 4) is 0 Å². The summed E-state index contributed by atoms with van der Waals surface area (Å²) in [6, 6.07) is 1.67. The predicted octanol–water partition coefficient (Wildman–Crippen LogP) is 1.62. The number of amides is 1. The number of carbonyl (C=O) groups is 1. The van der Waals surface area contributed by atoms with Gasteiger partial charge in [0.05, 0.1) is 5.69 Å². The quantitative estimate of drug-likeness (QED) is 0.702. The van der Waals surface area contributed by atoms with Crippen molar-refractivity contribution in [3.05, 3.63) is 18.0 Å². The van der Waals surface area contributed by atoms with E-state index in [0.717, 1.165) is 13.0 Å². The van der Waals surface area contributed by atoms with Crippen molar-refractivity contribution in [2.75, 3.05) is 12.3 Å². The molecular weight excluding hydrogens is 242 g/mol. The molecular formula is C14H25N3O2. The Labute approximate surface area is 114 Å². The topological polar surface area (TPSA) is 80.3 Å². The second-order valence-electron chi connectivity index (χ2n) is 5.19. The largest absolute Gasteiger partial charge is 0.397 e. The summed E-state index contributed by atoms with van der Waals surface area (Å²) in [5, 5.41) is 12.0. The van der Waals surface area contributed by atoms with Crippen molar-refractivity contribution in [3.63, 3.8) is 0 Å². The molecule has 0 aromatic carbocycles. The highest BCUT2D eigenvalue weighted by Crippen LogP contribution is 2.13. The summed E-state index contributed by atoms with van der Waals surface area (Å²) in [5.41, 5.74) is 6.94. The predicted molar refractivity (Wildman–Crippen MR) is 76.9 cm³/mol. The van der Waals surface area contributed by atoms with Gasteiger partial charge in [-0.2, -0.15) is 0 Å². The molecule has 108 valence electrons. The number of nitrogens with one attached hydrogen (secondary N) is 1. The van der Waals surface area contributed by atoms with Gasteiger partial charge < -0.3 is 20.7 Å². The number of carbonyl (C=O) groups excluding carboxylic acids is 1. The van der Waals surface area contributed by atoms with Gasteiger partial charge in [-0.3, -0.25) is 4.79 Å². The summed E-state index contributed by atoms with van der Waals surface area (Å²) >= 11 is 0. The van der Waals surface area contributed by atoms with Gasteiger partial charge in [-0.1, -0.05) is 20.8 Å². The zero-order valence-corrected chi connectivity index (χ0v) is 12.0. The summed E-state index contributed by atoms with van der Waals surface area (Å²) < 4.78 is 1.88. The molecule has 1 heterocycles. The number of aliphatic hydroxyl groups is 1. The Morgan fingerprint density at radius 2 is 2.21 bits per heavy atom. The Hall–Kier alpha value is -1.49. The van der Waals surface area contributed by atoms with Crippen LogP contribution in [0.15, 0.2) is 12.3 Å². The van der Waals surface area contributed by atoms with E-state index >= 15 is 0 Å². The summed E-state index contributed by atoms with van der Waals surface area (Å²) in [7, 11) is 0. The normalized spacial score (nSPS) is 12.7. The fourth-order valence-corrected chi connectivity index (χ4v) is 2.10. The number of aromatic nitrogens is 1. The molecule has 1 aromatic heterocycles. The maximum atomic E-state index is 12.3. The van der Waals surface area contributed by atoms with Crippen LogP contribution in [0.2, 0.25) is 0 Å². The van der Waals surface area contributed by atoms with E-state index in [4.69, 9.17) is 10.8 Å². The van der Waals surface area contributed by atoms with Gasteiger partial charge in [-0.25, -0.2) is 0 Å². The Balaban J connectivity index is 2.81. The standard InChI is InChI=1S/C14H25N3O2/c1-4-6-17-9-11(15)8-13(17)14(19)16-12(5-7-18)10(2)3/h8-10,12,18H,4-7,15H2,1-3H3,(H,16,19). The average molecular weight is 267 g/mol. The molecule has 1 atom stereocenters. The lowest BCUT2D eigenvalue weighted by Gasteiger charge is -2.21. The molecule has 0 saturated carbocycles. The second kappa shape index (κ2) is 7.19. The smallest absolute Gasteiger partial charge is 0.268 e. The molecule has 1 unspecified atom stereocenters. The van der Waals surface area contributed by atoms with Crippen LogP contribution in [0, 0.1) is 5.92 Å². The minimum Gasteiger partial charge on any atom is -0.397 e. The van der Waals surface area contributed by atoms with Crippen molar-refractivity contribution in [2.45, 2.75) is 46.2 Å². The Bertz CT molecular complexity index is 413. The number of hydrogen-bond donors (Lipinski definition) is 3. The Morgan fingerprint density at radius 1 is 1.53 bits per heavy atom. The van der Waals surface area contributed by atoms with Gasteiger partial charge in [0.25, 0.3) is 5.91 Å². The fraction of sp³-hybridized carbons (Fsp3) is 0.643. The van der Waals surface area contributed by atoms with Crippen LogP contribution in [-0.2, 0) is 6.54 Å². The van der Waals surface area contributed by atoms with Gasteiger partial charge in [0.15, 0.2) is 0 Å². The number of hydrogen-bond acceptors (Lipinski definition) is 3. The van der Waals surface area contributed by atoms with Crippen LogP contribution >= 0.6 is 0 Å². The van der Waals surface area contributed by atoms with Crippen molar-refractivity contribution < 1.29 is 9.90 Å². The molecule has 5 nitrogen and oxygen atoms in total. The number of nitrogens with zero attached hydrogens (tertiary/aromatic N) is 1. The van der Waals surface area contributed by atoms with Gasteiger partial charge in [0.1, 0.15) is 5.69 Å².